The molecule has 6 rings (SSSR count). The Kier molecular flexibility index (Phi) is 2.03. The second-order valence-electron chi connectivity index (χ2n) is 5.50. The molecule has 3 aromatic rings. The van der Waals surface area contributed by atoms with E-state index < -0.39 is 0 Å². The summed E-state index contributed by atoms with van der Waals surface area (Å²) in [6, 6.07) is 20.0. The highest BCUT2D eigenvalue weighted by Crippen LogP contribution is 2.54. The maximum Gasteiger partial charge on any atom is 0.0613 e. The zero-order chi connectivity index (χ0) is 13.1. The van der Waals surface area contributed by atoms with Crippen LogP contribution in [0.15, 0.2) is 60.4 Å². The van der Waals surface area contributed by atoms with Crippen LogP contribution in [0, 0.1) is 0 Å². The van der Waals surface area contributed by atoms with Crippen molar-refractivity contribution >= 4 is 8.35 Å². The minimum atomic E-state index is 0.333. The van der Waals surface area contributed by atoms with Gasteiger partial charge in [0.15, 0.2) is 0 Å². The zero-order valence-corrected chi connectivity index (χ0v) is 11.7. The van der Waals surface area contributed by atoms with E-state index in [9.17, 15) is 0 Å². The lowest BCUT2D eigenvalue weighted by molar-refractivity contribution is 0.737. The molecule has 94 valence electrons. The minimum absolute atomic E-state index is 0.333. The highest BCUT2D eigenvalue weighted by Gasteiger charge is 2.41. The lowest BCUT2D eigenvalue weighted by atomic mass is 9.63. The van der Waals surface area contributed by atoms with Gasteiger partial charge in [-0.2, -0.15) is 0 Å². The van der Waals surface area contributed by atoms with E-state index in [1.165, 1.54) is 33.5 Å². The van der Waals surface area contributed by atoms with Crippen molar-refractivity contribution in [2.24, 2.45) is 0 Å². The van der Waals surface area contributed by atoms with Crippen LogP contribution in [0.1, 0.15) is 45.3 Å². The normalized spacial score (nSPS) is 21.4. The van der Waals surface area contributed by atoms with Gasteiger partial charge in [0.25, 0.3) is 0 Å². The lowest BCUT2D eigenvalue weighted by Gasteiger charge is -2.40. The maximum absolute atomic E-state index is 4.80. The van der Waals surface area contributed by atoms with Gasteiger partial charge in [0.05, 0.1) is 11.6 Å². The standard InChI is InChI=1S/C18H12NP/c1-3-7-13-11(5-1)16-12-6-2-4-8-14(12)17(13)18-15(16)9-10-20-19-18/h1-10,16-17H. The molecule has 0 amide bonds. The molecule has 2 aromatic carbocycles. The van der Waals surface area contributed by atoms with Crippen molar-refractivity contribution < 1.29 is 0 Å². The van der Waals surface area contributed by atoms with E-state index >= 15 is 0 Å². The molecule has 0 unspecified atom stereocenters. The van der Waals surface area contributed by atoms with E-state index in [0.29, 0.717) is 11.8 Å². The van der Waals surface area contributed by atoms with Crippen molar-refractivity contribution in [3.8, 4) is 0 Å². The number of rotatable bonds is 0. The van der Waals surface area contributed by atoms with Crippen LogP contribution in [0.3, 0.4) is 0 Å². The Morgan fingerprint density at radius 3 is 1.80 bits per heavy atom. The smallest absolute Gasteiger partial charge is 0.0613 e. The van der Waals surface area contributed by atoms with Crippen LogP contribution in [0.4, 0.5) is 0 Å². The Bertz CT molecular complexity index is 658. The predicted molar refractivity (Wildman–Crippen MR) is 81.5 cm³/mol. The van der Waals surface area contributed by atoms with Crippen molar-refractivity contribution in [1.82, 2.24) is 4.75 Å². The predicted octanol–water partition coefficient (Wildman–Crippen LogP) is 4.65. The summed E-state index contributed by atoms with van der Waals surface area (Å²) in [5, 5.41) is 0. The molecule has 2 heteroatoms. The molecule has 0 saturated heterocycles. The van der Waals surface area contributed by atoms with E-state index in [-0.39, 0.29) is 0 Å². The number of benzene rings is 2. The lowest BCUT2D eigenvalue weighted by Crippen LogP contribution is -2.27. The quantitative estimate of drug-likeness (QED) is 0.400. The second kappa shape index (κ2) is 3.77. The van der Waals surface area contributed by atoms with Crippen molar-refractivity contribution in [3.63, 3.8) is 0 Å². The summed E-state index contributed by atoms with van der Waals surface area (Å²) in [7, 11) is 1.07. The van der Waals surface area contributed by atoms with Crippen LogP contribution in [0.25, 0.3) is 0 Å². The summed E-state index contributed by atoms with van der Waals surface area (Å²) >= 11 is 0. The summed E-state index contributed by atoms with van der Waals surface area (Å²) in [5.74, 6) is 2.86. The first-order chi connectivity index (χ1) is 9.95. The zero-order valence-electron chi connectivity index (χ0n) is 10.8. The summed E-state index contributed by atoms with van der Waals surface area (Å²) in [6.07, 6.45) is 0. The van der Waals surface area contributed by atoms with Crippen molar-refractivity contribution in [3.05, 3.63) is 93.9 Å². The molecule has 1 heterocycles. The van der Waals surface area contributed by atoms with Crippen LogP contribution in [0.2, 0.25) is 0 Å². The molecule has 20 heavy (non-hydrogen) atoms. The fraction of sp³-hybridized carbons (Fsp3) is 0.111. The molecular weight excluding hydrogens is 261 g/mol. The van der Waals surface area contributed by atoms with Crippen LogP contribution in [-0.4, -0.2) is 4.75 Å². The molecule has 2 bridgehead atoms. The second-order valence-corrected chi connectivity index (χ2v) is 6.22. The van der Waals surface area contributed by atoms with Gasteiger partial charge in [-0.1, -0.05) is 54.6 Å². The number of nitrogens with zero attached hydrogens (tertiary/aromatic N) is 1. The van der Waals surface area contributed by atoms with Gasteiger partial charge in [0.1, 0.15) is 0 Å². The third-order valence-corrected chi connectivity index (χ3v) is 5.22. The SMILES string of the molecule is c1ccc2c(c1)C1c3ccccc3C2c2npccc21. The molecule has 0 N–H and O–H groups in total. The molecule has 0 fully saturated rings. The van der Waals surface area contributed by atoms with E-state index in [0.717, 1.165) is 8.35 Å². The minimum Gasteiger partial charge on any atom is -0.231 e. The van der Waals surface area contributed by atoms with Gasteiger partial charge >= 0.3 is 0 Å². The molecule has 1 aromatic heterocycles. The molecule has 0 atom stereocenters. The van der Waals surface area contributed by atoms with E-state index in [2.05, 4.69) is 60.4 Å². The van der Waals surface area contributed by atoms with Crippen LogP contribution in [0.5, 0.6) is 0 Å². The average Bonchev–Trinajstić information content (AvgIpc) is 2.54. The Labute approximate surface area is 119 Å². The van der Waals surface area contributed by atoms with Gasteiger partial charge in [0.2, 0.25) is 0 Å². The Morgan fingerprint density at radius 2 is 1.20 bits per heavy atom. The van der Waals surface area contributed by atoms with Gasteiger partial charge in [-0.25, -0.2) is 4.75 Å². The van der Waals surface area contributed by atoms with E-state index in [4.69, 9.17) is 4.75 Å². The first-order valence-corrected chi connectivity index (χ1v) is 7.86. The highest BCUT2D eigenvalue weighted by atomic mass is 31.0. The molecule has 0 saturated carbocycles. The number of aromatic nitrogens is 1. The molecule has 3 aliphatic rings. The van der Waals surface area contributed by atoms with Gasteiger partial charge in [-0.15, -0.1) is 0 Å². The fourth-order valence-electron chi connectivity index (χ4n) is 3.86. The summed E-state index contributed by atoms with van der Waals surface area (Å²) in [4.78, 5) is 0. The van der Waals surface area contributed by atoms with Gasteiger partial charge in [-0.3, -0.25) is 0 Å². The summed E-state index contributed by atoms with van der Waals surface area (Å²) in [6.45, 7) is 0. The molecule has 0 aliphatic heterocycles. The monoisotopic (exact) mass is 273 g/mol. The van der Waals surface area contributed by atoms with Crippen molar-refractivity contribution in [2.45, 2.75) is 11.8 Å². The summed E-state index contributed by atoms with van der Waals surface area (Å²) < 4.78 is 4.80. The first kappa shape index (κ1) is 10.8. The van der Waals surface area contributed by atoms with Crippen molar-refractivity contribution in [1.29, 1.82) is 0 Å². The molecule has 3 aliphatic carbocycles. The topological polar surface area (TPSA) is 12.9 Å². The molecule has 0 spiro atoms. The van der Waals surface area contributed by atoms with Gasteiger partial charge < -0.3 is 0 Å². The molecular formula is C18H12NP. The average molecular weight is 273 g/mol. The number of hydrogen-bond donors (Lipinski definition) is 0. The van der Waals surface area contributed by atoms with Gasteiger partial charge in [-0.05, 0) is 33.6 Å². The third-order valence-electron chi connectivity index (χ3n) is 4.60. The Hall–Kier alpha value is -1.98. The number of hydrogen-bond acceptors (Lipinski definition) is 1. The van der Waals surface area contributed by atoms with E-state index in [1.807, 2.05) is 0 Å². The Balaban J connectivity index is 1.93. The third kappa shape index (κ3) is 1.19. The van der Waals surface area contributed by atoms with E-state index in [1.54, 1.807) is 0 Å². The van der Waals surface area contributed by atoms with Crippen LogP contribution >= 0.6 is 8.35 Å². The van der Waals surface area contributed by atoms with Crippen molar-refractivity contribution in [2.75, 3.05) is 0 Å². The molecule has 1 nitrogen and oxygen atoms in total. The Morgan fingerprint density at radius 1 is 0.650 bits per heavy atom. The first-order valence-electron chi connectivity index (χ1n) is 6.94. The maximum atomic E-state index is 4.80. The summed E-state index contributed by atoms with van der Waals surface area (Å²) in [5.41, 5.74) is 8.53. The molecule has 0 radical (unpaired) electrons. The highest BCUT2D eigenvalue weighted by molar-refractivity contribution is 7.24. The van der Waals surface area contributed by atoms with Gasteiger partial charge in [0, 0.05) is 14.3 Å². The largest absolute Gasteiger partial charge is 0.231 e. The van der Waals surface area contributed by atoms with Crippen LogP contribution in [-0.2, 0) is 0 Å². The fourth-order valence-corrected chi connectivity index (χ4v) is 4.51. The van der Waals surface area contributed by atoms with Crippen LogP contribution < -0.4 is 0 Å².